The lowest BCUT2D eigenvalue weighted by atomic mass is 9.94. The van der Waals surface area contributed by atoms with Crippen molar-refractivity contribution in [3.8, 4) is 0 Å². The molecule has 24 heavy (non-hydrogen) atoms. The lowest BCUT2D eigenvalue weighted by Crippen LogP contribution is -2.38. The third-order valence-corrected chi connectivity index (χ3v) is 4.84. The summed E-state index contributed by atoms with van der Waals surface area (Å²) in [5, 5.41) is 10.4. The molecule has 0 radical (unpaired) electrons. The normalized spacial score (nSPS) is 18.8. The zero-order valence-electron chi connectivity index (χ0n) is 13.9. The van der Waals surface area contributed by atoms with Crippen LogP contribution in [0.5, 0.6) is 0 Å². The number of nitrogens with zero attached hydrogens (tertiary/aromatic N) is 4. The van der Waals surface area contributed by atoms with Gasteiger partial charge in [-0.1, -0.05) is 13.8 Å². The first kappa shape index (κ1) is 15.0. The fourth-order valence-corrected chi connectivity index (χ4v) is 3.69. The van der Waals surface area contributed by atoms with Crippen LogP contribution in [0.15, 0.2) is 18.6 Å². The lowest BCUT2D eigenvalue weighted by Gasteiger charge is -2.30. The fourth-order valence-electron chi connectivity index (χ4n) is 3.69. The van der Waals surface area contributed by atoms with Crippen LogP contribution in [0.2, 0.25) is 0 Å². The second-order valence-electron chi connectivity index (χ2n) is 6.78. The Morgan fingerprint density at radius 3 is 3.04 bits per heavy atom. The van der Waals surface area contributed by atoms with E-state index in [0.717, 1.165) is 40.9 Å². The molecule has 0 aromatic carbocycles. The monoisotopic (exact) mass is 327 g/mol. The van der Waals surface area contributed by atoms with Gasteiger partial charge in [0.2, 0.25) is 0 Å². The van der Waals surface area contributed by atoms with Gasteiger partial charge >= 0.3 is 6.09 Å². The quantitative estimate of drug-likeness (QED) is 0.757. The summed E-state index contributed by atoms with van der Waals surface area (Å²) in [7, 11) is 0. The number of piperidine rings is 1. The largest absolute Gasteiger partial charge is 0.465 e. The average molecular weight is 327 g/mol. The Kier molecular flexibility index (Phi) is 3.44. The lowest BCUT2D eigenvalue weighted by molar-refractivity contribution is 0.130. The van der Waals surface area contributed by atoms with Gasteiger partial charge < -0.3 is 15.0 Å². The third kappa shape index (κ3) is 2.23. The minimum atomic E-state index is -0.847. The van der Waals surface area contributed by atoms with Gasteiger partial charge in [0.25, 0.3) is 0 Å². The Morgan fingerprint density at radius 1 is 1.46 bits per heavy atom. The summed E-state index contributed by atoms with van der Waals surface area (Å²) < 4.78 is 2.07. The molecule has 4 heterocycles. The van der Waals surface area contributed by atoms with E-state index in [1.165, 1.54) is 4.90 Å². The van der Waals surface area contributed by atoms with Gasteiger partial charge in [0.05, 0.1) is 11.2 Å². The topological polar surface area (TPSA) is 86.5 Å². The zero-order valence-corrected chi connectivity index (χ0v) is 13.9. The van der Waals surface area contributed by atoms with E-state index in [-0.39, 0.29) is 11.8 Å². The van der Waals surface area contributed by atoms with E-state index < -0.39 is 6.09 Å². The van der Waals surface area contributed by atoms with E-state index in [0.29, 0.717) is 13.1 Å². The average Bonchev–Trinajstić information content (AvgIpc) is 3.18. The van der Waals surface area contributed by atoms with E-state index in [2.05, 4.69) is 28.2 Å². The minimum absolute atomic E-state index is 0.123. The molecular formula is C17H21N5O2. The summed E-state index contributed by atoms with van der Waals surface area (Å²) in [6.07, 6.45) is 4.68. The maximum absolute atomic E-state index is 11.4. The van der Waals surface area contributed by atoms with Gasteiger partial charge in [0.15, 0.2) is 0 Å². The number of amides is 1. The van der Waals surface area contributed by atoms with Gasteiger partial charge in [0.1, 0.15) is 17.8 Å². The van der Waals surface area contributed by atoms with Gasteiger partial charge in [-0.05, 0) is 18.9 Å². The van der Waals surface area contributed by atoms with Crippen LogP contribution in [0.3, 0.4) is 0 Å². The maximum atomic E-state index is 11.4. The number of likely N-dealkylation sites (tertiary alicyclic amines) is 1. The fraction of sp³-hybridized carbons (Fsp3) is 0.471. The summed E-state index contributed by atoms with van der Waals surface area (Å²) in [5.74, 6) is 1.37. The molecule has 1 fully saturated rings. The Hall–Kier alpha value is -2.57. The molecule has 7 nitrogen and oxygen atoms in total. The number of H-pyrrole nitrogens is 1. The van der Waals surface area contributed by atoms with Crippen molar-refractivity contribution in [3.05, 3.63) is 30.1 Å². The highest BCUT2D eigenvalue weighted by atomic mass is 16.4. The molecule has 4 rings (SSSR count). The number of carbonyl (C=O) groups is 1. The molecule has 1 atom stereocenters. The predicted molar refractivity (Wildman–Crippen MR) is 90.5 cm³/mol. The highest BCUT2D eigenvalue weighted by Crippen LogP contribution is 2.34. The van der Waals surface area contributed by atoms with Crippen LogP contribution in [-0.4, -0.2) is 48.5 Å². The van der Waals surface area contributed by atoms with Crippen molar-refractivity contribution in [1.29, 1.82) is 0 Å². The molecule has 7 heteroatoms. The highest BCUT2D eigenvalue weighted by molar-refractivity contribution is 5.93. The van der Waals surface area contributed by atoms with Gasteiger partial charge in [0, 0.05) is 36.5 Å². The van der Waals surface area contributed by atoms with E-state index in [9.17, 15) is 9.90 Å². The summed E-state index contributed by atoms with van der Waals surface area (Å²) in [6.45, 7) is 5.35. The van der Waals surface area contributed by atoms with Crippen LogP contribution in [-0.2, 0) is 0 Å². The Balaban J connectivity index is 1.90. The van der Waals surface area contributed by atoms with Crippen LogP contribution in [0, 0.1) is 0 Å². The molecule has 3 aromatic heterocycles. The van der Waals surface area contributed by atoms with Gasteiger partial charge in [-0.25, -0.2) is 14.8 Å². The molecule has 0 bridgehead atoms. The summed E-state index contributed by atoms with van der Waals surface area (Å²) in [6, 6.07) is 2.02. The van der Waals surface area contributed by atoms with Crippen molar-refractivity contribution >= 4 is 22.6 Å². The van der Waals surface area contributed by atoms with Crippen LogP contribution in [0.4, 0.5) is 4.79 Å². The molecule has 1 saturated heterocycles. The number of hydrogen-bond donors (Lipinski definition) is 2. The number of nitrogens with one attached hydrogen (secondary N) is 1. The second-order valence-corrected chi connectivity index (χ2v) is 6.78. The van der Waals surface area contributed by atoms with Crippen molar-refractivity contribution in [2.75, 3.05) is 13.1 Å². The molecular weight excluding hydrogens is 306 g/mol. The van der Waals surface area contributed by atoms with E-state index in [4.69, 9.17) is 4.98 Å². The number of hydrogen-bond acceptors (Lipinski definition) is 3. The van der Waals surface area contributed by atoms with E-state index >= 15 is 0 Å². The zero-order chi connectivity index (χ0) is 16.8. The molecule has 0 spiro atoms. The Bertz CT molecular complexity index is 910. The molecule has 1 unspecified atom stereocenters. The SMILES string of the molecule is CC(C)c1nc(C2CCCN(C(=O)O)C2)c2c3cc[nH]c3ncn12. The molecule has 1 amide bonds. The Morgan fingerprint density at radius 2 is 2.29 bits per heavy atom. The first-order valence-electron chi connectivity index (χ1n) is 8.38. The van der Waals surface area contributed by atoms with Gasteiger partial charge in [-0.3, -0.25) is 4.40 Å². The number of fused-ring (bicyclic) bond motifs is 3. The van der Waals surface area contributed by atoms with Crippen LogP contribution in [0.25, 0.3) is 16.6 Å². The maximum Gasteiger partial charge on any atom is 0.407 e. The highest BCUT2D eigenvalue weighted by Gasteiger charge is 2.29. The molecule has 2 N–H and O–H groups in total. The van der Waals surface area contributed by atoms with Crippen molar-refractivity contribution in [2.24, 2.45) is 0 Å². The number of carboxylic acid groups (broad SMARTS) is 1. The molecule has 1 aliphatic heterocycles. The Labute approximate surface area is 139 Å². The number of aromatic amines is 1. The second kappa shape index (κ2) is 5.51. The first-order chi connectivity index (χ1) is 11.6. The molecule has 0 saturated carbocycles. The standard InChI is InChI=1S/C17H21N5O2/c1-10(2)16-20-13(11-4-3-7-21(8-11)17(23)24)14-12-5-6-18-15(12)19-9-22(14)16/h5-6,9-11,18H,3-4,7-8H2,1-2H3,(H,23,24). The van der Waals surface area contributed by atoms with E-state index in [1.807, 2.05) is 18.6 Å². The van der Waals surface area contributed by atoms with Crippen molar-refractivity contribution in [3.63, 3.8) is 0 Å². The van der Waals surface area contributed by atoms with Crippen molar-refractivity contribution < 1.29 is 9.90 Å². The van der Waals surface area contributed by atoms with Gasteiger partial charge in [-0.2, -0.15) is 0 Å². The molecule has 3 aromatic rings. The van der Waals surface area contributed by atoms with Crippen molar-refractivity contribution in [1.82, 2.24) is 24.3 Å². The first-order valence-corrected chi connectivity index (χ1v) is 8.38. The van der Waals surface area contributed by atoms with Crippen LogP contribution in [0.1, 0.15) is 50.0 Å². The number of imidazole rings is 1. The smallest absolute Gasteiger partial charge is 0.407 e. The van der Waals surface area contributed by atoms with Crippen LogP contribution >= 0.6 is 0 Å². The number of rotatable bonds is 2. The summed E-state index contributed by atoms with van der Waals surface area (Å²) in [5.41, 5.74) is 2.89. The molecule has 1 aliphatic rings. The van der Waals surface area contributed by atoms with Crippen LogP contribution < -0.4 is 0 Å². The van der Waals surface area contributed by atoms with Gasteiger partial charge in [-0.15, -0.1) is 0 Å². The minimum Gasteiger partial charge on any atom is -0.465 e. The van der Waals surface area contributed by atoms with Crippen molar-refractivity contribution in [2.45, 2.75) is 38.5 Å². The summed E-state index contributed by atoms with van der Waals surface area (Å²) >= 11 is 0. The molecule has 0 aliphatic carbocycles. The third-order valence-electron chi connectivity index (χ3n) is 4.84. The molecule has 126 valence electrons. The van der Waals surface area contributed by atoms with E-state index in [1.54, 1.807) is 0 Å². The number of aromatic nitrogens is 4. The summed E-state index contributed by atoms with van der Waals surface area (Å²) in [4.78, 5) is 25.4. The predicted octanol–water partition coefficient (Wildman–Crippen LogP) is 3.19.